The SMILES string of the molecule is CCC(CC)C(O)CNc1cc([N+](=O)[O-])cc(Cl)n1. The van der Waals surface area contributed by atoms with Crippen LogP contribution in [0.5, 0.6) is 0 Å². The highest BCUT2D eigenvalue weighted by molar-refractivity contribution is 6.29. The fourth-order valence-electron chi connectivity index (χ4n) is 1.89. The van der Waals surface area contributed by atoms with E-state index in [1.165, 1.54) is 12.1 Å². The molecule has 0 aromatic carbocycles. The van der Waals surface area contributed by atoms with Gasteiger partial charge in [-0.1, -0.05) is 38.3 Å². The molecule has 106 valence electrons. The molecule has 0 aliphatic rings. The van der Waals surface area contributed by atoms with Crippen molar-refractivity contribution in [2.24, 2.45) is 5.92 Å². The molecule has 1 atom stereocenters. The van der Waals surface area contributed by atoms with E-state index in [9.17, 15) is 15.2 Å². The van der Waals surface area contributed by atoms with E-state index in [0.29, 0.717) is 5.82 Å². The van der Waals surface area contributed by atoms with Crippen molar-refractivity contribution in [2.45, 2.75) is 32.8 Å². The minimum absolute atomic E-state index is 0.0497. The van der Waals surface area contributed by atoms with Crippen molar-refractivity contribution in [1.82, 2.24) is 4.98 Å². The van der Waals surface area contributed by atoms with Crippen LogP contribution < -0.4 is 5.32 Å². The number of hydrogen-bond acceptors (Lipinski definition) is 5. The van der Waals surface area contributed by atoms with Gasteiger partial charge >= 0.3 is 0 Å². The summed E-state index contributed by atoms with van der Waals surface area (Å²) in [6.07, 6.45) is 1.24. The van der Waals surface area contributed by atoms with Crippen molar-refractivity contribution in [2.75, 3.05) is 11.9 Å². The van der Waals surface area contributed by atoms with Crippen LogP contribution >= 0.6 is 11.6 Å². The molecule has 7 heteroatoms. The molecule has 0 fully saturated rings. The normalized spacial score (nSPS) is 12.5. The van der Waals surface area contributed by atoms with Gasteiger partial charge in [0.2, 0.25) is 0 Å². The third-order valence-corrected chi connectivity index (χ3v) is 3.27. The van der Waals surface area contributed by atoms with Gasteiger partial charge in [-0.3, -0.25) is 10.1 Å². The molecule has 0 aliphatic heterocycles. The molecule has 6 nitrogen and oxygen atoms in total. The summed E-state index contributed by atoms with van der Waals surface area (Å²) in [6, 6.07) is 2.48. The molecule has 0 aliphatic carbocycles. The molecule has 2 N–H and O–H groups in total. The van der Waals surface area contributed by atoms with Crippen LogP contribution in [-0.2, 0) is 0 Å². The number of nitro groups is 1. The van der Waals surface area contributed by atoms with Gasteiger partial charge in [-0.15, -0.1) is 0 Å². The van der Waals surface area contributed by atoms with Gasteiger partial charge in [0.1, 0.15) is 11.0 Å². The summed E-state index contributed by atoms with van der Waals surface area (Å²) in [5.74, 6) is 0.492. The lowest BCUT2D eigenvalue weighted by Gasteiger charge is -2.20. The van der Waals surface area contributed by atoms with Crippen molar-refractivity contribution >= 4 is 23.1 Å². The Labute approximate surface area is 117 Å². The minimum atomic E-state index is -0.532. The summed E-state index contributed by atoms with van der Waals surface area (Å²) in [6.45, 7) is 4.32. The largest absolute Gasteiger partial charge is 0.391 e. The van der Waals surface area contributed by atoms with E-state index in [0.717, 1.165) is 12.8 Å². The molecule has 19 heavy (non-hydrogen) atoms. The maximum Gasteiger partial charge on any atom is 0.276 e. The highest BCUT2D eigenvalue weighted by atomic mass is 35.5. The van der Waals surface area contributed by atoms with E-state index in [4.69, 9.17) is 11.6 Å². The summed E-state index contributed by atoms with van der Waals surface area (Å²) >= 11 is 5.71. The van der Waals surface area contributed by atoms with Gasteiger partial charge in [-0.2, -0.15) is 0 Å². The lowest BCUT2D eigenvalue weighted by Crippen LogP contribution is -2.27. The van der Waals surface area contributed by atoms with Crippen LogP contribution in [0.1, 0.15) is 26.7 Å². The topological polar surface area (TPSA) is 88.3 Å². The maximum atomic E-state index is 10.7. The number of pyridine rings is 1. The Balaban J connectivity index is 2.70. The van der Waals surface area contributed by atoms with Crippen molar-refractivity contribution < 1.29 is 10.0 Å². The molecule has 1 heterocycles. The van der Waals surface area contributed by atoms with E-state index in [-0.39, 0.29) is 23.3 Å². The number of aliphatic hydroxyl groups is 1. The number of nitrogens with zero attached hydrogens (tertiary/aromatic N) is 2. The van der Waals surface area contributed by atoms with Gasteiger partial charge in [-0.05, 0) is 5.92 Å². The lowest BCUT2D eigenvalue weighted by molar-refractivity contribution is -0.384. The third-order valence-electron chi connectivity index (χ3n) is 3.07. The molecule has 0 saturated carbocycles. The standard InChI is InChI=1S/C12H18ClN3O3/c1-3-8(4-2)10(17)7-14-12-6-9(16(18)19)5-11(13)15-12/h5-6,8,10,17H,3-4,7H2,1-2H3,(H,14,15). The second-order valence-corrected chi connectivity index (χ2v) is 4.70. The van der Waals surface area contributed by atoms with Gasteiger partial charge in [0, 0.05) is 6.54 Å². The van der Waals surface area contributed by atoms with Crippen molar-refractivity contribution in [3.8, 4) is 0 Å². The van der Waals surface area contributed by atoms with Crippen LogP contribution in [0, 0.1) is 16.0 Å². The van der Waals surface area contributed by atoms with Crippen LogP contribution in [0.3, 0.4) is 0 Å². The Morgan fingerprint density at radius 3 is 2.63 bits per heavy atom. The highest BCUT2D eigenvalue weighted by Crippen LogP contribution is 2.21. The highest BCUT2D eigenvalue weighted by Gasteiger charge is 2.16. The molecule has 0 spiro atoms. The molecular weight excluding hydrogens is 270 g/mol. The monoisotopic (exact) mass is 287 g/mol. The van der Waals surface area contributed by atoms with Gasteiger partial charge in [0.05, 0.1) is 23.2 Å². The zero-order valence-electron chi connectivity index (χ0n) is 11.0. The van der Waals surface area contributed by atoms with Crippen LogP contribution in [0.2, 0.25) is 5.15 Å². The van der Waals surface area contributed by atoms with Crippen LogP contribution in [0.25, 0.3) is 0 Å². The molecule has 0 radical (unpaired) electrons. The lowest BCUT2D eigenvalue weighted by atomic mass is 9.96. The zero-order valence-corrected chi connectivity index (χ0v) is 11.7. The second kappa shape index (κ2) is 7.25. The summed E-state index contributed by atoms with van der Waals surface area (Å²) in [7, 11) is 0. The summed E-state index contributed by atoms with van der Waals surface area (Å²) < 4.78 is 0. The zero-order chi connectivity index (χ0) is 14.4. The van der Waals surface area contributed by atoms with Gasteiger partial charge in [0.15, 0.2) is 0 Å². The van der Waals surface area contributed by atoms with E-state index >= 15 is 0 Å². The Morgan fingerprint density at radius 1 is 1.47 bits per heavy atom. The fraction of sp³-hybridized carbons (Fsp3) is 0.583. The van der Waals surface area contributed by atoms with Crippen LogP contribution in [0.4, 0.5) is 11.5 Å². The number of rotatable bonds is 7. The van der Waals surface area contributed by atoms with E-state index < -0.39 is 11.0 Å². The Kier molecular flexibility index (Phi) is 5.98. The van der Waals surface area contributed by atoms with Gasteiger partial charge in [-0.25, -0.2) is 4.98 Å². The molecule has 1 rings (SSSR count). The maximum absolute atomic E-state index is 10.7. The second-order valence-electron chi connectivity index (χ2n) is 4.32. The Morgan fingerprint density at radius 2 is 2.11 bits per heavy atom. The first-order chi connectivity index (χ1) is 8.97. The Hall–Kier alpha value is -1.40. The van der Waals surface area contributed by atoms with Crippen LogP contribution in [0.15, 0.2) is 12.1 Å². The first kappa shape index (κ1) is 15.7. The van der Waals surface area contributed by atoms with E-state index in [2.05, 4.69) is 10.3 Å². The van der Waals surface area contributed by atoms with Crippen LogP contribution in [-0.4, -0.2) is 27.7 Å². The van der Waals surface area contributed by atoms with Crippen molar-refractivity contribution in [3.05, 3.63) is 27.4 Å². The molecular formula is C12H18ClN3O3. The van der Waals surface area contributed by atoms with Gasteiger partial charge in [0.25, 0.3) is 5.69 Å². The first-order valence-corrected chi connectivity index (χ1v) is 6.59. The Bertz CT molecular complexity index is 438. The number of halogens is 1. The molecule has 0 saturated heterocycles. The number of aliphatic hydroxyl groups excluding tert-OH is 1. The average molecular weight is 288 g/mol. The van der Waals surface area contributed by atoms with E-state index in [1.807, 2.05) is 13.8 Å². The predicted octanol–water partition coefficient (Wildman–Crippen LogP) is 2.85. The minimum Gasteiger partial charge on any atom is -0.391 e. The predicted molar refractivity (Wildman–Crippen MR) is 74.5 cm³/mol. The average Bonchev–Trinajstić information content (AvgIpc) is 2.37. The number of hydrogen-bond donors (Lipinski definition) is 2. The summed E-state index contributed by atoms with van der Waals surface area (Å²) in [5.41, 5.74) is -0.125. The van der Waals surface area contributed by atoms with E-state index in [1.54, 1.807) is 0 Å². The quantitative estimate of drug-likeness (QED) is 0.457. The fourth-order valence-corrected chi connectivity index (χ4v) is 2.09. The van der Waals surface area contributed by atoms with Gasteiger partial charge < -0.3 is 10.4 Å². The summed E-state index contributed by atoms with van der Waals surface area (Å²) in [5, 5.41) is 23.6. The molecule has 0 amide bonds. The van der Waals surface area contributed by atoms with Crippen molar-refractivity contribution in [3.63, 3.8) is 0 Å². The first-order valence-electron chi connectivity index (χ1n) is 6.21. The molecule has 1 aromatic heterocycles. The summed E-state index contributed by atoms with van der Waals surface area (Å²) in [4.78, 5) is 14.1. The number of aromatic nitrogens is 1. The number of anilines is 1. The van der Waals surface area contributed by atoms with Crippen molar-refractivity contribution in [1.29, 1.82) is 0 Å². The molecule has 1 unspecified atom stereocenters. The third kappa shape index (κ3) is 4.65. The smallest absolute Gasteiger partial charge is 0.276 e. The molecule has 0 bridgehead atoms. The molecule has 1 aromatic rings. The number of nitrogens with one attached hydrogen (secondary N) is 1.